The Morgan fingerprint density at radius 1 is 1.27 bits per heavy atom. The molecule has 0 aliphatic carbocycles. The minimum atomic E-state index is -3.63. The smallest absolute Gasteiger partial charge is 0.254 e. The van der Waals surface area contributed by atoms with Crippen LogP contribution in [0.15, 0.2) is 34.1 Å². The molecule has 2 N–H and O–H groups in total. The van der Waals surface area contributed by atoms with E-state index in [4.69, 9.17) is 0 Å². The molecule has 1 aromatic carbocycles. The number of nitrogens with zero attached hydrogens (tertiary/aromatic N) is 2. The van der Waals surface area contributed by atoms with E-state index in [-0.39, 0.29) is 16.8 Å². The highest BCUT2D eigenvalue weighted by Crippen LogP contribution is 2.21. The summed E-state index contributed by atoms with van der Waals surface area (Å²) in [6, 6.07) is 6.98. The van der Waals surface area contributed by atoms with Crippen LogP contribution in [0.2, 0.25) is 0 Å². The largest absolute Gasteiger partial charge is 0.338 e. The first-order valence-corrected chi connectivity index (χ1v) is 10.3. The van der Waals surface area contributed by atoms with E-state index in [9.17, 15) is 13.2 Å². The lowest BCUT2D eigenvalue weighted by Crippen LogP contribution is -2.46. The average Bonchev–Trinajstić information content (AvgIpc) is 2.94. The van der Waals surface area contributed by atoms with E-state index >= 15 is 0 Å². The highest BCUT2D eigenvalue weighted by Gasteiger charge is 2.29. The van der Waals surface area contributed by atoms with Crippen molar-refractivity contribution in [3.63, 3.8) is 0 Å². The van der Waals surface area contributed by atoms with Crippen LogP contribution in [0.5, 0.6) is 0 Å². The van der Waals surface area contributed by atoms with E-state index in [0.29, 0.717) is 47.8 Å². The third kappa shape index (κ3) is 3.79. The molecule has 0 saturated carbocycles. The van der Waals surface area contributed by atoms with Crippen molar-refractivity contribution >= 4 is 28.6 Å². The highest BCUT2D eigenvalue weighted by atomic mass is 32.2. The molecule has 1 fully saturated rings. The fourth-order valence-electron chi connectivity index (χ4n) is 3.24. The van der Waals surface area contributed by atoms with Crippen LogP contribution < -0.4 is 4.72 Å². The van der Waals surface area contributed by atoms with Crippen molar-refractivity contribution < 1.29 is 13.2 Å². The monoisotopic (exact) mass is 394 g/mol. The number of nitrogens with one attached hydrogen (secondary N) is 2. The first-order valence-electron chi connectivity index (χ1n) is 8.41. The second kappa shape index (κ2) is 7.42. The van der Waals surface area contributed by atoms with Crippen LogP contribution in [-0.4, -0.2) is 48.6 Å². The number of H-pyrrole nitrogens is 1. The van der Waals surface area contributed by atoms with Gasteiger partial charge in [-0.05, 0) is 38.8 Å². The first-order chi connectivity index (χ1) is 12.3. The number of amides is 1. The molecule has 1 saturated heterocycles. The number of piperidine rings is 1. The molecule has 2 heterocycles. The van der Waals surface area contributed by atoms with Crippen LogP contribution in [0, 0.1) is 13.8 Å². The number of carbonyl (C=O) groups is 1. The van der Waals surface area contributed by atoms with Gasteiger partial charge in [-0.2, -0.15) is 5.10 Å². The van der Waals surface area contributed by atoms with Gasteiger partial charge in [0.05, 0.1) is 17.0 Å². The molecule has 1 aliphatic rings. The SMILES string of the molecule is Cc1n[nH]c(C)c1S(=O)(=O)NC1CCN(C(=O)c2ccccc2S)CC1. The summed E-state index contributed by atoms with van der Waals surface area (Å²) in [4.78, 5) is 15.2. The molecule has 0 atom stereocenters. The molecule has 1 amide bonds. The van der Waals surface area contributed by atoms with Crippen molar-refractivity contribution in [1.82, 2.24) is 19.8 Å². The van der Waals surface area contributed by atoms with Crippen LogP contribution in [0.1, 0.15) is 34.6 Å². The van der Waals surface area contributed by atoms with Crippen LogP contribution >= 0.6 is 12.6 Å². The Morgan fingerprint density at radius 2 is 1.92 bits per heavy atom. The van der Waals surface area contributed by atoms with Crippen molar-refractivity contribution in [3.8, 4) is 0 Å². The first kappa shape index (κ1) is 18.9. The molecule has 0 spiro atoms. The molecule has 140 valence electrons. The molecule has 1 aliphatic heterocycles. The number of aryl methyl sites for hydroxylation is 2. The van der Waals surface area contributed by atoms with Crippen LogP contribution in [0.3, 0.4) is 0 Å². The average molecular weight is 395 g/mol. The summed E-state index contributed by atoms with van der Waals surface area (Å²) < 4.78 is 28.0. The van der Waals surface area contributed by atoms with Gasteiger partial charge in [-0.1, -0.05) is 12.1 Å². The molecule has 3 rings (SSSR count). The summed E-state index contributed by atoms with van der Waals surface area (Å²) in [6.45, 7) is 4.34. The third-order valence-electron chi connectivity index (χ3n) is 4.57. The highest BCUT2D eigenvalue weighted by molar-refractivity contribution is 7.89. The number of sulfonamides is 1. The van der Waals surface area contributed by atoms with Gasteiger partial charge in [-0.15, -0.1) is 12.6 Å². The molecule has 2 aromatic rings. The fraction of sp³-hybridized carbons (Fsp3) is 0.412. The molecule has 1 aromatic heterocycles. The summed E-state index contributed by atoms with van der Waals surface area (Å²) in [7, 11) is -3.63. The zero-order valence-corrected chi connectivity index (χ0v) is 16.4. The van der Waals surface area contributed by atoms with Crippen LogP contribution in [0.4, 0.5) is 0 Å². The number of rotatable bonds is 4. The zero-order valence-electron chi connectivity index (χ0n) is 14.7. The lowest BCUT2D eigenvalue weighted by atomic mass is 10.0. The predicted octanol–water partition coefficient (Wildman–Crippen LogP) is 1.90. The lowest BCUT2D eigenvalue weighted by molar-refractivity contribution is 0.0708. The van der Waals surface area contributed by atoms with E-state index in [0.717, 1.165) is 0 Å². The molecule has 0 radical (unpaired) electrons. The maximum absolute atomic E-state index is 12.6. The van der Waals surface area contributed by atoms with Gasteiger partial charge in [0.1, 0.15) is 4.90 Å². The lowest BCUT2D eigenvalue weighted by Gasteiger charge is -2.32. The van der Waals surface area contributed by atoms with Gasteiger partial charge in [0.15, 0.2) is 0 Å². The minimum absolute atomic E-state index is 0.0709. The van der Waals surface area contributed by atoms with E-state index in [1.54, 1.807) is 30.9 Å². The number of carbonyl (C=O) groups excluding carboxylic acids is 1. The van der Waals surface area contributed by atoms with Crippen molar-refractivity contribution in [2.75, 3.05) is 13.1 Å². The molecule has 7 nitrogen and oxygen atoms in total. The summed E-state index contributed by atoms with van der Waals surface area (Å²) in [5, 5.41) is 6.64. The van der Waals surface area contributed by atoms with Crippen molar-refractivity contribution in [2.24, 2.45) is 0 Å². The van der Waals surface area contributed by atoms with Gasteiger partial charge in [0.25, 0.3) is 5.91 Å². The normalized spacial score (nSPS) is 16.0. The van der Waals surface area contributed by atoms with Crippen molar-refractivity contribution in [2.45, 2.75) is 42.5 Å². The molecule has 9 heteroatoms. The Hall–Kier alpha value is -1.84. The van der Waals surface area contributed by atoms with Gasteiger partial charge < -0.3 is 4.90 Å². The third-order valence-corrected chi connectivity index (χ3v) is 6.74. The van der Waals surface area contributed by atoms with Gasteiger partial charge in [-0.3, -0.25) is 9.89 Å². The van der Waals surface area contributed by atoms with Crippen molar-refractivity contribution in [1.29, 1.82) is 0 Å². The minimum Gasteiger partial charge on any atom is -0.338 e. The molecule has 0 bridgehead atoms. The summed E-state index contributed by atoms with van der Waals surface area (Å²) in [6.07, 6.45) is 1.13. The number of aromatic amines is 1. The van der Waals surface area contributed by atoms with E-state index in [1.807, 2.05) is 12.1 Å². The summed E-state index contributed by atoms with van der Waals surface area (Å²) in [5.74, 6) is -0.0709. The molecule has 26 heavy (non-hydrogen) atoms. The number of hydrogen-bond donors (Lipinski definition) is 3. The molecular formula is C17H22N4O3S2. The molecular weight excluding hydrogens is 372 g/mol. The van der Waals surface area contributed by atoms with Crippen molar-refractivity contribution in [3.05, 3.63) is 41.2 Å². The quantitative estimate of drug-likeness (QED) is 0.690. The Morgan fingerprint density at radius 3 is 2.50 bits per heavy atom. The Bertz CT molecular complexity index is 896. The maximum Gasteiger partial charge on any atom is 0.254 e. The standard InChI is InChI=1S/C17H22N4O3S2/c1-11-16(12(2)19-18-11)26(23,24)20-13-7-9-21(10-8-13)17(22)14-5-3-4-6-15(14)25/h3-6,13,20,25H,7-10H2,1-2H3,(H,18,19). The van der Waals surface area contributed by atoms with E-state index < -0.39 is 10.0 Å². The van der Waals surface area contributed by atoms with Gasteiger partial charge in [0, 0.05) is 24.0 Å². The number of hydrogen-bond acceptors (Lipinski definition) is 5. The van der Waals surface area contributed by atoms with Gasteiger partial charge in [-0.25, -0.2) is 13.1 Å². The second-order valence-electron chi connectivity index (χ2n) is 6.47. The Balaban J connectivity index is 1.64. The number of benzene rings is 1. The number of likely N-dealkylation sites (tertiary alicyclic amines) is 1. The fourth-order valence-corrected chi connectivity index (χ4v) is 5.17. The zero-order chi connectivity index (χ0) is 18.9. The summed E-state index contributed by atoms with van der Waals surface area (Å²) in [5.41, 5.74) is 1.54. The topological polar surface area (TPSA) is 95.2 Å². The Kier molecular flexibility index (Phi) is 5.40. The predicted molar refractivity (Wildman–Crippen MR) is 101 cm³/mol. The maximum atomic E-state index is 12.6. The van der Waals surface area contributed by atoms with Crippen LogP contribution in [-0.2, 0) is 10.0 Å². The van der Waals surface area contributed by atoms with Gasteiger partial charge >= 0.3 is 0 Å². The van der Waals surface area contributed by atoms with E-state index in [2.05, 4.69) is 27.5 Å². The number of thiol groups is 1. The molecule has 0 unspecified atom stereocenters. The van der Waals surface area contributed by atoms with Crippen LogP contribution in [0.25, 0.3) is 0 Å². The van der Waals surface area contributed by atoms with Gasteiger partial charge in [0.2, 0.25) is 10.0 Å². The number of aromatic nitrogens is 2. The Labute approximate surface area is 158 Å². The van der Waals surface area contributed by atoms with E-state index in [1.165, 1.54) is 0 Å². The summed E-state index contributed by atoms with van der Waals surface area (Å²) >= 11 is 4.34. The second-order valence-corrected chi connectivity index (χ2v) is 8.60.